The van der Waals surface area contributed by atoms with Crippen molar-refractivity contribution in [3.8, 4) is 6.07 Å². The van der Waals surface area contributed by atoms with Crippen LogP contribution in [-0.4, -0.2) is 26.4 Å². The van der Waals surface area contributed by atoms with Crippen LogP contribution in [0.2, 0.25) is 0 Å². The summed E-state index contributed by atoms with van der Waals surface area (Å²) in [6, 6.07) is 2.48. The first-order chi connectivity index (χ1) is 6.35. The lowest BCUT2D eigenvalue weighted by Crippen LogP contribution is -2.37. The smallest absolute Gasteiger partial charge is 0.0691 e. The highest BCUT2D eigenvalue weighted by molar-refractivity contribution is 5.01. The van der Waals surface area contributed by atoms with Crippen LogP contribution in [0.1, 0.15) is 19.3 Å². The molecule has 72 valence electrons. The average molecular weight is 181 g/mol. The van der Waals surface area contributed by atoms with Crippen LogP contribution in [0.15, 0.2) is 0 Å². The summed E-state index contributed by atoms with van der Waals surface area (Å²) in [5.41, 5.74) is -0.104. The lowest BCUT2D eigenvalue weighted by molar-refractivity contribution is -0.0623. The lowest BCUT2D eigenvalue weighted by atomic mass is 9.74. The van der Waals surface area contributed by atoms with Gasteiger partial charge < -0.3 is 9.47 Å². The molecule has 2 aliphatic heterocycles. The van der Waals surface area contributed by atoms with E-state index in [0.717, 1.165) is 45.7 Å². The Labute approximate surface area is 78.6 Å². The van der Waals surface area contributed by atoms with Gasteiger partial charge in [0.15, 0.2) is 0 Å². The van der Waals surface area contributed by atoms with Gasteiger partial charge in [-0.2, -0.15) is 5.26 Å². The number of hydrogen-bond acceptors (Lipinski definition) is 3. The third-order valence-electron chi connectivity index (χ3n) is 3.07. The van der Waals surface area contributed by atoms with Gasteiger partial charge in [0.25, 0.3) is 0 Å². The summed E-state index contributed by atoms with van der Waals surface area (Å²) >= 11 is 0. The van der Waals surface area contributed by atoms with Crippen molar-refractivity contribution in [2.24, 2.45) is 11.3 Å². The highest BCUT2D eigenvalue weighted by Crippen LogP contribution is 2.38. The van der Waals surface area contributed by atoms with E-state index < -0.39 is 0 Å². The number of hydrogen-bond donors (Lipinski definition) is 0. The minimum Gasteiger partial charge on any atom is -0.381 e. The third-order valence-corrected chi connectivity index (χ3v) is 3.07. The monoisotopic (exact) mass is 181 g/mol. The van der Waals surface area contributed by atoms with Crippen molar-refractivity contribution in [2.45, 2.75) is 19.3 Å². The molecular weight excluding hydrogens is 166 g/mol. The highest BCUT2D eigenvalue weighted by atomic mass is 16.5. The molecule has 3 heteroatoms. The Balaban J connectivity index is 1.93. The molecule has 0 N–H and O–H groups in total. The number of nitriles is 1. The fraction of sp³-hybridized carbons (Fsp3) is 0.900. The molecule has 13 heavy (non-hydrogen) atoms. The SMILES string of the molecule is N#CC1(CC2COC2)CCOCC1. The first-order valence-electron chi connectivity index (χ1n) is 4.91. The van der Waals surface area contributed by atoms with E-state index in [1.807, 2.05) is 0 Å². The molecule has 0 saturated carbocycles. The normalized spacial score (nSPS) is 27.6. The van der Waals surface area contributed by atoms with Gasteiger partial charge in [-0.3, -0.25) is 0 Å². The molecule has 0 aromatic rings. The van der Waals surface area contributed by atoms with Crippen LogP contribution in [0, 0.1) is 22.7 Å². The fourth-order valence-electron chi connectivity index (χ4n) is 2.08. The summed E-state index contributed by atoms with van der Waals surface area (Å²) in [5.74, 6) is 0.623. The molecule has 2 rings (SSSR count). The predicted molar refractivity (Wildman–Crippen MR) is 47.0 cm³/mol. The van der Waals surface area contributed by atoms with Crippen molar-refractivity contribution < 1.29 is 9.47 Å². The molecule has 0 atom stereocenters. The van der Waals surface area contributed by atoms with Crippen LogP contribution in [0.5, 0.6) is 0 Å². The molecule has 3 nitrogen and oxygen atoms in total. The maximum atomic E-state index is 9.16. The molecule has 0 aromatic carbocycles. The molecule has 2 heterocycles. The standard InChI is InChI=1S/C10H15NO2/c11-8-10(1-3-12-4-2-10)5-9-6-13-7-9/h9H,1-7H2. The molecule has 0 spiro atoms. The zero-order valence-corrected chi connectivity index (χ0v) is 7.79. The largest absolute Gasteiger partial charge is 0.381 e. The van der Waals surface area contributed by atoms with Crippen LogP contribution in [0.4, 0.5) is 0 Å². The van der Waals surface area contributed by atoms with E-state index in [4.69, 9.17) is 14.7 Å². The summed E-state index contributed by atoms with van der Waals surface area (Å²) in [6.07, 6.45) is 2.81. The van der Waals surface area contributed by atoms with Crippen molar-refractivity contribution in [2.75, 3.05) is 26.4 Å². The zero-order chi connectivity index (χ0) is 9.15. The summed E-state index contributed by atoms with van der Waals surface area (Å²) < 4.78 is 10.4. The van der Waals surface area contributed by atoms with E-state index in [9.17, 15) is 0 Å². The number of ether oxygens (including phenoxy) is 2. The summed E-state index contributed by atoms with van der Waals surface area (Å²) in [7, 11) is 0. The second-order valence-corrected chi connectivity index (χ2v) is 4.11. The Bertz CT molecular complexity index is 211. The van der Waals surface area contributed by atoms with Crippen molar-refractivity contribution in [3.63, 3.8) is 0 Å². The van der Waals surface area contributed by atoms with Gasteiger partial charge in [-0.1, -0.05) is 0 Å². The zero-order valence-electron chi connectivity index (χ0n) is 7.79. The molecule has 2 aliphatic rings. The second kappa shape index (κ2) is 3.65. The molecule has 2 fully saturated rings. The van der Waals surface area contributed by atoms with E-state index in [-0.39, 0.29) is 5.41 Å². The Kier molecular flexibility index (Phi) is 2.52. The summed E-state index contributed by atoms with van der Waals surface area (Å²) in [6.45, 7) is 3.21. The predicted octanol–water partition coefficient (Wildman–Crippen LogP) is 1.34. The molecule has 2 saturated heterocycles. The van der Waals surface area contributed by atoms with Gasteiger partial charge in [-0.05, 0) is 19.3 Å². The van der Waals surface area contributed by atoms with E-state index in [0.29, 0.717) is 5.92 Å². The van der Waals surface area contributed by atoms with Gasteiger partial charge in [0.05, 0.1) is 24.7 Å². The third kappa shape index (κ3) is 1.84. The Morgan fingerprint density at radius 1 is 1.23 bits per heavy atom. The fourth-order valence-corrected chi connectivity index (χ4v) is 2.08. The minimum absolute atomic E-state index is 0.104. The summed E-state index contributed by atoms with van der Waals surface area (Å²) in [4.78, 5) is 0. The number of rotatable bonds is 2. The number of nitrogens with zero attached hydrogens (tertiary/aromatic N) is 1. The average Bonchev–Trinajstić information content (AvgIpc) is 2.13. The van der Waals surface area contributed by atoms with Crippen molar-refractivity contribution in [1.29, 1.82) is 5.26 Å². The van der Waals surface area contributed by atoms with Gasteiger partial charge in [-0.25, -0.2) is 0 Å². The molecule has 0 aromatic heterocycles. The van der Waals surface area contributed by atoms with E-state index in [1.54, 1.807) is 0 Å². The quantitative estimate of drug-likeness (QED) is 0.645. The van der Waals surface area contributed by atoms with Crippen LogP contribution in [0.3, 0.4) is 0 Å². The molecule has 0 aliphatic carbocycles. The minimum atomic E-state index is -0.104. The van der Waals surface area contributed by atoms with Crippen molar-refractivity contribution in [1.82, 2.24) is 0 Å². The van der Waals surface area contributed by atoms with Crippen molar-refractivity contribution in [3.05, 3.63) is 0 Å². The Morgan fingerprint density at radius 3 is 2.38 bits per heavy atom. The first-order valence-corrected chi connectivity index (χ1v) is 4.91. The van der Waals surface area contributed by atoms with Crippen LogP contribution in [-0.2, 0) is 9.47 Å². The maximum absolute atomic E-state index is 9.16. The first kappa shape index (κ1) is 8.98. The van der Waals surface area contributed by atoms with Crippen molar-refractivity contribution >= 4 is 0 Å². The van der Waals surface area contributed by atoms with Gasteiger partial charge in [0, 0.05) is 19.1 Å². The highest BCUT2D eigenvalue weighted by Gasteiger charge is 2.37. The van der Waals surface area contributed by atoms with Gasteiger partial charge >= 0.3 is 0 Å². The summed E-state index contributed by atoms with van der Waals surface area (Å²) in [5, 5.41) is 9.16. The van der Waals surface area contributed by atoms with E-state index in [1.165, 1.54) is 0 Å². The van der Waals surface area contributed by atoms with Gasteiger partial charge in [0.2, 0.25) is 0 Å². The maximum Gasteiger partial charge on any atom is 0.0691 e. The second-order valence-electron chi connectivity index (χ2n) is 4.11. The molecule has 0 unspecified atom stereocenters. The van der Waals surface area contributed by atoms with Crippen LogP contribution >= 0.6 is 0 Å². The molecule has 0 bridgehead atoms. The lowest BCUT2D eigenvalue weighted by Gasteiger charge is -2.36. The Morgan fingerprint density at radius 2 is 1.92 bits per heavy atom. The van der Waals surface area contributed by atoms with E-state index >= 15 is 0 Å². The molecular formula is C10H15NO2. The van der Waals surface area contributed by atoms with E-state index in [2.05, 4.69) is 6.07 Å². The van der Waals surface area contributed by atoms with Crippen LogP contribution in [0.25, 0.3) is 0 Å². The molecule has 0 radical (unpaired) electrons. The van der Waals surface area contributed by atoms with Gasteiger partial charge in [-0.15, -0.1) is 0 Å². The molecule has 0 amide bonds. The Hall–Kier alpha value is -0.590. The van der Waals surface area contributed by atoms with Gasteiger partial charge in [0.1, 0.15) is 0 Å². The topological polar surface area (TPSA) is 42.2 Å². The van der Waals surface area contributed by atoms with Crippen LogP contribution < -0.4 is 0 Å².